The lowest BCUT2D eigenvalue weighted by Gasteiger charge is -2.32. The van der Waals surface area contributed by atoms with Crippen molar-refractivity contribution in [3.05, 3.63) is 53.9 Å². The maximum atomic E-state index is 13.1. The molecule has 3 aromatic rings. The number of alkyl halides is 3. The normalized spacial score (nSPS) is 17.3. The van der Waals surface area contributed by atoms with E-state index in [0.717, 1.165) is 24.8 Å². The van der Waals surface area contributed by atoms with Crippen LogP contribution >= 0.6 is 0 Å². The number of amides is 1. The van der Waals surface area contributed by atoms with Gasteiger partial charge in [0.2, 0.25) is 5.91 Å². The van der Waals surface area contributed by atoms with E-state index in [2.05, 4.69) is 20.6 Å². The van der Waals surface area contributed by atoms with E-state index in [9.17, 15) is 18.0 Å². The smallest absolute Gasteiger partial charge is 0.355 e. The standard InChI is InChI=1S/C20H21F3N6O/c21-20(22,23)19-26-25-16-8-9-17(27-29(16)19)28-12-4-7-15(13-28)18(30)24-11-10-14-5-2-1-3-6-14/h1-3,5-6,8-9,15H,4,7,10-13H2,(H,24,30)/t15-/m1/s1. The Kier molecular flexibility index (Phi) is 5.56. The molecule has 1 aromatic carbocycles. The number of benzene rings is 1. The topological polar surface area (TPSA) is 75.4 Å². The molecule has 1 atom stereocenters. The lowest BCUT2D eigenvalue weighted by Crippen LogP contribution is -2.44. The number of fused-ring (bicyclic) bond motifs is 1. The molecule has 1 aliphatic rings. The summed E-state index contributed by atoms with van der Waals surface area (Å²) in [4.78, 5) is 14.4. The Morgan fingerprint density at radius 2 is 1.93 bits per heavy atom. The number of nitrogens with one attached hydrogen (secondary N) is 1. The summed E-state index contributed by atoms with van der Waals surface area (Å²) < 4.78 is 40.0. The summed E-state index contributed by atoms with van der Waals surface area (Å²) in [6.07, 6.45) is -2.41. The van der Waals surface area contributed by atoms with Gasteiger partial charge in [0.25, 0.3) is 5.82 Å². The van der Waals surface area contributed by atoms with Crippen LogP contribution in [0.15, 0.2) is 42.5 Å². The highest BCUT2D eigenvalue weighted by molar-refractivity contribution is 5.79. The predicted molar refractivity (Wildman–Crippen MR) is 104 cm³/mol. The van der Waals surface area contributed by atoms with Gasteiger partial charge < -0.3 is 10.2 Å². The van der Waals surface area contributed by atoms with Crippen molar-refractivity contribution < 1.29 is 18.0 Å². The second-order valence-electron chi connectivity index (χ2n) is 7.29. The van der Waals surface area contributed by atoms with E-state index >= 15 is 0 Å². The van der Waals surface area contributed by atoms with E-state index in [-0.39, 0.29) is 17.5 Å². The van der Waals surface area contributed by atoms with Crippen LogP contribution < -0.4 is 10.2 Å². The number of carbonyl (C=O) groups excluding carboxylic acids is 1. The van der Waals surface area contributed by atoms with Crippen LogP contribution in [0.4, 0.5) is 19.0 Å². The van der Waals surface area contributed by atoms with E-state index in [1.165, 1.54) is 6.07 Å². The van der Waals surface area contributed by atoms with Gasteiger partial charge in [-0.05, 0) is 37.0 Å². The first-order valence-corrected chi connectivity index (χ1v) is 9.78. The molecule has 1 amide bonds. The maximum Gasteiger partial charge on any atom is 0.453 e. The molecule has 4 rings (SSSR count). The molecular weight excluding hydrogens is 397 g/mol. The zero-order valence-electron chi connectivity index (χ0n) is 16.1. The van der Waals surface area contributed by atoms with Gasteiger partial charge in [-0.25, -0.2) is 0 Å². The SMILES string of the molecule is O=C(NCCc1ccccc1)[C@@H]1CCCN(c2ccc3nnc(C(F)(F)F)n3n2)C1. The summed E-state index contributed by atoms with van der Waals surface area (Å²) in [6.45, 7) is 1.56. The van der Waals surface area contributed by atoms with Crippen LogP contribution in [0.3, 0.4) is 0 Å². The number of aromatic nitrogens is 4. The largest absolute Gasteiger partial charge is 0.453 e. The molecular formula is C20H21F3N6O. The minimum Gasteiger partial charge on any atom is -0.355 e. The molecule has 0 aliphatic carbocycles. The first kappa shape index (κ1) is 20.1. The van der Waals surface area contributed by atoms with Gasteiger partial charge in [-0.1, -0.05) is 30.3 Å². The van der Waals surface area contributed by atoms with Gasteiger partial charge >= 0.3 is 6.18 Å². The van der Waals surface area contributed by atoms with E-state index < -0.39 is 12.0 Å². The number of nitrogens with zero attached hydrogens (tertiary/aromatic N) is 5. The molecule has 158 valence electrons. The fourth-order valence-corrected chi connectivity index (χ4v) is 3.64. The van der Waals surface area contributed by atoms with Gasteiger partial charge in [0.15, 0.2) is 5.65 Å². The first-order valence-electron chi connectivity index (χ1n) is 9.78. The second kappa shape index (κ2) is 8.29. The molecule has 10 heteroatoms. The minimum atomic E-state index is -4.64. The average Bonchev–Trinajstić information content (AvgIpc) is 3.18. The number of carbonyl (C=O) groups is 1. The predicted octanol–water partition coefficient (Wildman–Crippen LogP) is 2.72. The molecule has 1 saturated heterocycles. The Hall–Kier alpha value is -3.17. The van der Waals surface area contributed by atoms with Gasteiger partial charge in [-0.15, -0.1) is 15.3 Å². The molecule has 2 aromatic heterocycles. The number of halogens is 3. The van der Waals surface area contributed by atoms with Crippen molar-refractivity contribution in [1.82, 2.24) is 25.1 Å². The zero-order valence-corrected chi connectivity index (χ0v) is 16.1. The zero-order chi connectivity index (χ0) is 21.1. The third kappa shape index (κ3) is 4.37. The first-order chi connectivity index (χ1) is 14.4. The molecule has 0 saturated carbocycles. The lowest BCUT2D eigenvalue weighted by molar-refractivity contribution is -0.146. The Labute approximate surface area is 170 Å². The van der Waals surface area contributed by atoms with Crippen molar-refractivity contribution in [2.24, 2.45) is 5.92 Å². The molecule has 7 nitrogen and oxygen atoms in total. The van der Waals surface area contributed by atoms with Crippen molar-refractivity contribution in [3.63, 3.8) is 0 Å². The number of hydrogen-bond donors (Lipinski definition) is 1. The molecule has 1 aliphatic heterocycles. The average molecular weight is 418 g/mol. The van der Waals surface area contributed by atoms with Crippen LogP contribution in [0.2, 0.25) is 0 Å². The van der Waals surface area contributed by atoms with Crippen molar-refractivity contribution in [2.75, 3.05) is 24.5 Å². The molecule has 0 radical (unpaired) electrons. The fraction of sp³-hybridized carbons (Fsp3) is 0.400. The second-order valence-corrected chi connectivity index (χ2v) is 7.29. The van der Waals surface area contributed by atoms with Gasteiger partial charge in [0, 0.05) is 19.6 Å². The third-order valence-electron chi connectivity index (χ3n) is 5.17. The Morgan fingerprint density at radius 3 is 2.70 bits per heavy atom. The summed E-state index contributed by atoms with van der Waals surface area (Å²) >= 11 is 0. The van der Waals surface area contributed by atoms with Crippen LogP contribution in [0.1, 0.15) is 24.2 Å². The number of hydrogen-bond acceptors (Lipinski definition) is 5. The van der Waals surface area contributed by atoms with Crippen LogP contribution in [-0.2, 0) is 17.4 Å². The van der Waals surface area contributed by atoms with Crippen molar-refractivity contribution in [1.29, 1.82) is 0 Å². The van der Waals surface area contributed by atoms with Crippen LogP contribution in [0.5, 0.6) is 0 Å². The molecule has 1 fully saturated rings. The fourth-order valence-electron chi connectivity index (χ4n) is 3.64. The van der Waals surface area contributed by atoms with Gasteiger partial charge in [-0.2, -0.15) is 17.7 Å². The van der Waals surface area contributed by atoms with E-state index in [4.69, 9.17) is 0 Å². The minimum absolute atomic E-state index is 0.0262. The highest BCUT2D eigenvalue weighted by atomic mass is 19.4. The van der Waals surface area contributed by atoms with Crippen LogP contribution in [0, 0.1) is 5.92 Å². The monoisotopic (exact) mass is 418 g/mol. The summed E-state index contributed by atoms with van der Waals surface area (Å²) in [5.74, 6) is -1.08. The molecule has 30 heavy (non-hydrogen) atoms. The highest BCUT2D eigenvalue weighted by Crippen LogP contribution is 2.28. The highest BCUT2D eigenvalue weighted by Gasteiger charge is 2.38. The summed E-state index contributed by atoms with van der Waals surface area (Å²) in [5, 5.41) is 13.8. The quantitative estimate of drug-likeness (QED) is 0.690. The number of rotatable bonds is 5. The molecule has 0 bridgehead atoms. The van der Waals surface area contributed by atoms with Gasteiger partial charge in [0.05, 0.1) is 5.92 Å². The van der Waals surface area contributed by atoms with Gasteiger partial charge in [-0.3, -0.25) is 4.79 Å². The molecule has 0 unspecified atom stereocenters. The Balaban J connectivity index is 1.41. The van der Waals surface area contributed by atoms with Crippen LogP contribution in [0.25, 0.3) is 5.65 Å². The number of piperidine rings is 1. The molecule has 1 N–H and O–H groups in total. The Morgan fingerprint density at radius 1 is 1.13 bits per heavy atom. The van der Waals surface area contributed by atoms with Crippen molar-refractivity contribution in [2.45, 2.75) is 25.4 Å². The lowest BCUT2D eigenvalue weighted by atomic mass is 9.97. The summed E-state index contributed by atoms with van der Waals surface area (Å²) in [7, 11) is 0. The van der Waals surface area contributed by atoms with Gasteiger partial charge in [0.1, 0.15) is 5.82 Å². The van der Waals surface area contributed by atoms with E-state index in [1.54, 1.807) is 6.07 Å². The Bertz CT molecular complexity index is 1020. The van der Waals surface area contributed by atoms with Crippen molar-refractivity contribution >= 4 is 17.4 Å². The summed E-state index contributed by atoms with van der Waals surface area (Å²) in [5.41, 5.74) is 1.17. The third-order valence-corrected chi connectivity index (χ3v) is 5.17. The van der Waals surface area contributed by atoms with Crippen molar-refractivity contribution in [3.8, 4) is 0 Å². The molecule has 3 heterocycles. The summed E-state index contributed by atoms with van der Waals surface area (Å²) in [6, 6.07) is 12.9. The van der Waals surface area contributed by atoms with Crippen LogP contribution in [-0.4, -0.2) is 45.4 Å². The van der Waals surface area contributed by atoms with E-state index in [1.807, 2.05) is 35.2 Å². The molecule has 0 spiro atoms. The number of anilines is 1. The van der Waals surface area contributed by atoms with E-state index in [0.29, 0.717) is 30.0 Å². The maximum absolute atomic E-state index is 13.1.